The smallest absolute Gasteiger partial charge is 0.303 e. The number of carbonyl (C=O) groups is 1. The van der Waals surface area contributed by atoms with Gasteiger partial charge in [0, 0.05) is 6.42 Å². The fourth-order valence-corrected chi connectivity index (χ4v) is 1.74. The second-order valence-electron chi connectivity index (χ2n) is 4.99. The third kappa shape index (κ3) is 18.2. The fraction of sp³-hybridized carbons (Fsp3) is 0.450. The normalized spacial score (nSPS) is 12.8. The van der Waals surface area contributed by atoms with Crippen molar-refractivity contribution < 1.29 is 9.90 Å². The molecule has 0 saturated heterocycles. The van der Waals surface area contributed by atoms with E-state index < -0.39 is 5.97 Å². The Morgan fingerprint density at radius 2 is 1.14 bits per heavy atom. The molecule has 0 amide bonds. The van der Waals surface area contributed by atoms with Gasteiger partial charge in [-0.3, -0.25) is 4.79 Å². The Morgan fingerprint density at radius 3 is 1.55 bits per heavy atom. The van der Waals surface area contributed by atoms with Crippen LogP contribution in [0.5, 0.6) is 0 Å². The summed E-state index contributed by atoms with van der Waals surface area (Å²) in [5.41, 5.74) is 0. The van der Waals surface area contributed by atoms with Gasteiger partial charge in [-0.2, -0.15) is 0 Å². The first kappa shape index (κ1) is 20.2. The van der Waals surface area contributed by atoms with Crippen molar-refractivity contribution in [3.05, 3.63) is 60.8 Å². The molecule has 2 nitrogen and oxygen atoms in total. The van der Waals surface area contributed by atoms with Crippen molar-refractivity contribution in [2.24, 2.45) is 0 Å². The van der Waals surface area contributed by atoms with E-state index in [0.29, 0.717) is 0 Å². The maximum atomic E-state index is 10.3. The molecular formula is C20H30O2. The fourth-order valence-electron chi connectivity index (χ4n) is 1.74. The van der Waals surface area contributed by atoms with Gasteiger partial charge in [0.25, 0.3) is 0 Å². The van der Waals surface area contributed by atoms with Crippen LogP contribution >= 0.6 is 0 Å². The minimum absolute atomic E-state index is 0.258. The van der Waals surface area contributed by atoms with E-state index in [1.807, 2.05) is 0 Å². The van der Waals surface area contributed by atoms with Crippen molar-refractivity contribution in [1.29, 1.82) is 0 Å². The molecule has 0 aromatic rings. The predicted octanol–water partition coefficient (Wildman–Crippen LogP) is 5.99. The lowest BCUT2D eigenvalue weighted by Crippen LogP contribution is -1.92. The zero-order chi connectivity index (χ0) is 16.3. The lowest BCUT2D eigenvalue weighted by Gasteiger charge is -1.89. The lowest BCUT2D eigenvalue weighted by molar-refractivity contribution is -0.137. The molecule has 0 radical (unpaired) electrons. The third-order valence-corrected chi connectivity index (χ3v) is 2.92. The van der Waals surface area contributed by atoms with E-state index >= 15 is 0 Å². The first-order chi connectivity index (χ1) is 10.8. The van der Waals surface area contributed by atoms with Crippen molar-refractivity contribution in [2.75, 3.05) is 0 Å². The Labute approximate surface area is 135 Å². The molecule has 0 rings (SSSR count). The Balaban J connectivity index is 3.46. The second kappa shape index (κ2) is 17.2. The van der Waals surface area contributed by atoms with Gasteiger partial charge in [0.1, 0.15) is 0 Å². The van der Waals surface area contributed by atoms with Crippen LogP contribution in [0.2, 0.25) is 0 Å². The van der Waals surface area contributed by atoms with Gasteiger partial charge in [-0.15, -0.1) is 0 Å². The molecule has 122 valence electrons. The Bertz CT molecular complexity index is 398. The summed E-state index contributed by atoms with van der Waals surface area (Å²) in [4.78, 5) is 10.3. The minimum atomic E-state index is -0.715. The van der Waals surface area contributed by atoms with Crippen LogP contribution in [0.15, 0.2) is 60.8 Å². The van der Waals surface area contributed by atoms with Crippen molar-refractivity contribution in [3.8, 4) is 0 Å². The summed E-state index contributed by atoms with van der Waals surface area (Å²) in [6, 6.07) is 0. The molecule has 0 aliphatic carbocycles. The first-order valence-corrected chi connectivity index (χ1v) is 8.24. The first-order valence-electron chi connectivity index (χ1n) is 8.24. The van der Waals surface area contributed by atoms with E-state index in [2.05, 4.69) is 67.7 Å². The summed E-state index contributed by atoms with van der Waals surface area (Å²) in [5, 5.41) is 8.49. The summed E-state index contributed by atoms with van der Waals surface area (Å²) in [7, 11) is 0. The molecule has 0 aromatic heterocycles. The van der Waals surface area contributed by atoms with Gasteiger partial charge in [-0.1, -0.05) is 67.7 Å². The van der Waals surface area contributed by atoms with Crippen molar-refractivity contribution in [3.63, 3.8) is 0 Å². The van der Waals surface area contributed by atoms with Gasteiger partial charge >= 0.3 is 5.97 Å². The van der Waals surface area contributed by atoms with Gasteiger partial charge in [-0.25, -0.2) is 0 Å². The highest BCUT2D eigenvalue weighted by Gasteiger charge is 1.92. The monoisotopic (exact) mass is 302 g/mol. The van der Waals surface area contributed by atoms with Crippen molar-refractivity contribution in [2.45, 2.75) is 58.3 Å². The molecule has 0 aromatic carbocycles. The standard InChI is InChI=1S/C20H30O2/c1-2-3-4-5-6-7-8-9-10-11-12-13-14-15-16-17-18-19-20(21)22/h3-4,6-7,9-10,12-13,15-16H,2,5,8,11,14,17-19H2,1H3,(H,21,22)/b4-3-,7-6+,10-9-,13-12-,16-15+. The van der Waals surface area contributed by atoms with Crippen LogP contribution < -0.4 is 0 Å². The predicted molar refractivity (Wildman–Crippen MR) is 95.9 cm³/mol. The Morgan fingerprint density at radius 1 is 0.727 bits per heavy atom. The van der Waals surface area contributed by atoms with Crippen molar-refractivity contribution in [1.82, 2.24) is 0 Å². The number of aliphatic carboxylic acids is 1. The van der Waals surface area contributed by atoms with Crippen molar-refractivity contribution >= 4 is 5.97 Å². The van der Waals surface area contributed by atoms with Gasteiger partial charge in [0.05, 0.1) is 0 Å². The SMILES string of the molecule is CC/C=C\C/C=C/C/C=C\C/C=C\C/C=C/CCCC(=O)O. The van der Waals surface area contributed by atoms with Crippen LogP contribution in [0.1, 0.15) is 58.3 Å². The third-order valence-electron chi connectivity index (χ3n) is 2.92. The summed E-state index contributed by atoms with van der Waals surface area (Å²) >= 11 is 0. The molecule has 0 fully saturated rings. The summed E-state index contributed by atoms with van der Waals surface area (Å²) in [5.74, 6) is -0.715. The van der Waals surface area contributed by atoms with E-state index in [1.54, 1.807) is 0 Å². The van der Waals surface area contributed by atoms with Crippen LogP contribution in [0.3, 0.4) is 0 Å². The zero-order valence-electron chi connectivity index (χ0n) is 13.8. The molecule has 0 atom stereocenters. The zero-order valence-corrected chi connectivity index (χ0v) is 13.8. The Hall–Kier alpha value is -1.83. The molecule has 0 heterocycles. The Kier molecular flexibility index (Phi) is 15.8. The highest BCUT2D eigenvalue weighted by molar-refractivity contribution is 5.66. The quantitative estimate of drug-likeness (QED) is 0.335. The maximum absolute atomic E-state index is 10.3. The van der Waals surface area contributed by atoms with Crippen LogP contribution in [-0.2, 0) is 4.79 Å². The van der Waals surface area contributed by atoms with Crippen LogP contribution in [0.4, 0.5) is 0 Å². The second-order valence-corrected chi connectivity index (χ2v) is 4.99. The summed E-state index contributed by atoms with van der Waals surface area (Å²) < 4.78 is 0. The molecular weight excluding hydrogens is 272 g/mol. The number of rotatable bonds is 13. The van der Waals surface area contributed by atoms with E-state index in [-0.39, 0.29) is 6.42 Å². The largest absolute Gasteiger partial charge is 0.481 e. The van der Waals surface area contributed by atoms with Gasteiger partial charge in [0.15, 0.2) is 0 Å². The summed E-state index contributed by atoms with van der Waals surface area (Å²) in [6.45, 7) is 2.14. The molecule has 0 unspecified atom stereocenters. The lowest BCUT2D eigenvalue weighted by atomic mass is 10.2. The maximum Gasteiger partial charge on any atom is 0.303 e. The highest BCUT2D eigenvalue weighted by atomic mass is 16.4. The topological polar surface area (TPSA) is 37.3 Å². The van der Waals surface area contributed by atoms with Gasteiger partial charge in [0.2, 0.25) is 0 Å². The molecule has 0 spiro atoms. The number of carboxylic acid groups (broad SMARTS) is 1. The number of carboxylic acids is 1. The number of unbranched alkanes of at least 4 members (excludes halogenated alkanes) is 1. The molecule has 0 bridgehead atoms. The molecule has 2 heteroatoms. The molecule has 0 saturated carbocycles. The number of hydrogen-bond acceptors (Lipinski definition) is 1. The number of allylic oxidation sites excluding steroid dienone is 10. The van der Waals surface area contributed by atoms with Crippen LogP contribution in [-0.4, -0.2) is 11.1 Å². The molecule has 0 aliphatic rings. The van der Waals surface area contributed by atoms with E-state index in [1.165, 1.54) is 0 Å². The average molecular weight is 302 g/mol. The van der Waals surface area contributed by atoms with Gasteiger partial charge < -0.3 is 5.11 Å². The minimum Gasteiger partial charge on any atom is -0.481 e. The average Bonchev–Trinajstić information content (AvgIpc) is 2.50. The summed E-state index contributed by atoms with van der Waals surface area (Å²) in [6.07, 6.45) is 28.4. The van der Waals surface area contributed by atoms with E-state index in [9.17, 15) is 4.79 Å². The molecule has 1 N–H and O–H groups in total. The highest BCUT2D eigenvalue weighted by Crippen LogP contribution is 1.99. The molecule has 0 aliphatic heterocycles. The van der Waals surface area contributed by atoms with Crippen LogP contribution in [0.25, 0.3) is 0 Å². The van der Waals surface area contributed by atoms with Crippen LogP contribution in [0, 0.1) is 0 Å². The van der Waals surface area contributed by atoms with E-state index in [4.69, 9.17) is 5.11 Å². The van der Waals surface area contributed by atoms with Gasteiger partial charge in [-0.05, 0) is 44.9 Å². The van der Waals surface area contributed by atoms with E-state index in [0.717, 1.165) is 44.9 Å². The molecule has 22 heavy (non-hydrogen) atoms. The number of hydrogen-bond donors (Lipinski definition) is 1.